The summed E-state index contributed by atoms with van der Waals surface area (Å²) in [6, 6.07) is 11.6. The topological polar surface area (TPSA) is 80.4 Å². The number of primary amides is 1. The zero-order valence-electron chi connectivity index (χ0n) is 18.4. The molecule has 0 saturated heterocycles. The molecule has 4 nitrogen and oxygen atoms in total. The molecule has 2 aromatic rings. The Balaban J connectivity index is 0.000000735. The van der Waals surface area contributed by atoms with Gasteiger partial charge in [0.2, 0.25) is 0 Å². The quantitative estimate of drug-likeness (QED) is 0.520. The molecule has 0 unspecified atom stereocenters. The Morgan fingerprint density at radius 3 is 1.80 bits per heavy atom. The molecule has 1 aliphatic rings. The predicted octanol–water partition coefficient (Wildman–Crippen LogP) is 6.10. The number of carbonyl (C=O) groups excluding carboxylic acids is 1. The average molecular weight is 426 g/mol. The summed E-state index contributed by atoms with van der Waals surface area (Å²) >= 11 is 3.10. The van der Waals surface area contributed by atoms with Crippen LogP contribution in [0.25, 0.3) is 5.57 Å². The zero-order valence-corrected chi connectivity index (χ0v) is 19.3. The van der Waals surface area contributed by atoms with Crippen molar-refractivity contribution in [3.05, 3.63) is 76.4 Å². The summed E-state index contributed by atoms with van der Waals surface area (Å²) in [5.41, 5.74) is 12.1. The molecule has 1 amide bonds. The van der Waals surface area contributed by atoms with Gasteiger partial charge >= 0.3 is 5.97 Å². The van der Waals surface area contributed by atoms with Crippen molar-refractivity contribution in [3.8, 4) is 0 Å². The normalized spacial score (nSPS) is 15.9. The van der Waals surface area contributed by atoms with Gasteiger partial charge in [-0.15, -0.1) is 0 Å². The number of nitrogens with two attached hydrogens (primary N) is 1. The van der Waals surface area contributed by atoms with E-state index in [1.165, 1.54) is 29.5 Å². The minimum absolute atomic E-state index is 0.154. The van der Waals surface area contributed by atoms with Crippen LogP contribution in [0.4, 0.5) is 4.79 Å². The van der Waals surface area contributed by atoms with E-state index in [-0.39, 0.29) is 10.8 Å². The van der Waals surface area contributed by atoms with Gasteiger partial charge in [-0.25, -0.2) is 4.79 Å². The molecular weight excluding hydrogens is 394 g/mol. The highest BCUT2D eigenvalue weighted by molar-refractivity contribution is 7.96. The molecule has 3 rings (SSSR count). The molecule has 5 heteroatoms. The maximum Gasteiger partial charge on any atom is 0.335 e. The zero-order chi connectivity index (χ0) is 22.9. The predicted molar refractivity (Wildman–Crippen MR) is 127 cm³/mol. The van der Waals surface area contributed by atoms with Crippen LogP contribution in [0.2, 0.25) is 0 Å². The Kier molecular flexibility index (Phi) is 6.87. The Morgan fingerprint density at radius 2 is 1.37 bits per heavy atom. The summed E-state index contributed by atoms with van der Waals surface area (Å²) in [6.45, 7) is 15.8. The number of carboxylic acid groups (broad SMARTS) is 1. The third-order valence-corrected chi connectivity index (χ3v) is 6.00. The average Bonchev–Trinajstić information content (AvgIpc) is 2.64. The molecule has 30 heavy (non-hydrogen) atoms. The van der Waals surface area contributed by atoms with E-state index in [0.29, 0.717) is 5.56 Å². The van der Waals surface area contributed by atoms with Crippen molar-refractivity contribution in [1.29, 1.82) is 0 Å². The molecule has 0 radical (unpaired) electrons. The summed E-state index contributed by atoms with van der Waals surface area (Å²) in [5.74, 6) is -0.906. The summed E-state index contributed by atoms with van der Waals surface area (Å²) in [7, 11) is 0. The van der Waals surface area contributed by atoms with Gasteiger partial charge in [-0.1, -0.05) is 71.2 Å². The van der Waals surface area contributed by atoms with Crippen LogP contribution in [-0.4, -0.2) is 16.3 Å². The number of aryl methyl sites for hydroxylation is 1. The van der Waals surface area contributed by atoms with Crippen molar-refractivity contribution in [1.82, 2.24) is 0 Å². The molecule has 0 fully saturated rings. The van der Waals surface area contributed by atoms with Crippen LogP contribution in [0.5, 0.6) is 0 Å². The molecule has 2 aromatic carbocycles. The Bertz CT molecular complexity index is 984. The summed E-state index contributed by atoms with van der Waals surface area (Å²) < 4.78 is 0. The third-order valence-electron chi connectivity index (χ3n) is 6.00. The van der Waals surface area contributed by atoms with Crippen LogP contribution in [0, 0.1) is 6.92 Å². The van der Waals surface area contributed by atoms with E-state index in [1.54, 1.807) is 12.1 Å². The molecule has 3 N–H and O–H groups in total. The van der Waals surface area contributed by atoms with E-state index in [9.17, 15) is 4.79 Å². The number of aromatic carboxylic acids is 1. The lowest BCUT2D eigenvalue weighted by Crippen LogP contribution is -2.34. The Labute approximate surface area is 184 Å². The summed E-state index contributed by atoms with van der Waals surface area (Å²) in [5, 5.41) is 8.45. The summed E-state index contributed by atoms with van der Waals surface area (Å²) in [4.78, 5) is 20.2. The SMILES string of the molecule is C=C(c1ccc(C(=O)O)cc1)c1cc2c(cc1C)C(C)(C)CCC2(C)C.NC(=O)S. The van der Waals surface area contributed by atoms with Gasteiger partial charge in [0.25, 0.3) is 5.24 Å². The van der Waals surface area contributed by atoms with E-state index in [0.717, 1.165) is 16.7 Å². The maximum atomic E-state index is 11.1. The van der Waals surface area contributed by atoms with E-state index in [2.05, 4.69) is 71.7 Å². The molecule has 0 spiro atoms. The van der Waals surface area contributed by atoms with Gasteiger partial charge in [-0.3, -0.25) is 4.79 Å². The van der Waals surface area contributed by atoms with Gasteiger partial charge in [-0.05, 0) is 76.1 Å². The van der Waals surface area contributed by atoms with E-state index in [1.807, 2.05) is 12.1 Å². The Morgan fingerprint density at radius 1 is 0.967 bits per heavy atom. The van der Waals surface area contributed by atoms with Gasteiger partial charge in [0.1, 0.15) is 0 Å². The minimum Gasteiger partial charge on any atom is -0.478 e. The van der Waals surface area contributed by atoms with Crippen LogP contribution in [-0.2, 0) is 10.8 Å². The monoisotopic (exact) mass is 425 g/mol. The number of carbonyl (C=O) groups is 2. The molecule has 1 aliphatic carbocycles. The molecule has 0 heterocycles. The van der Waals surface area contributed by atoms with Crippen LogP contribution in [0.3, 0.4) is 0 Å². The standard InChI is InChI=1S/C24H28O2.CH3NOS/c1-15-13-20-21(24(5,6)12-11-23(20,3)4)14-19(15)16(2)17-7-9-18(10-8-17)22(25)26;2-1(3)4/h7-10,13-14H,2,11-12H2,1,3-6H3,(H,25,26);(H3,2,3,4). The van der Waals surface area contributed by atoms with Crippen molar-refractivity contribution < 1.29 is 14.7 Å². The molecular formula is C25H31NO3S. The van der Waals surface area contributed by atoms with Crippen LogP contribution in [0.15, 0.2) is 43.0 Å². The fraction of sp³-hybridized carbons (Fsp3) is 0.360. The Hall–Kier alpha value is -2.53. The first kappa shape index (κ1) is 23.7. The van der Waals surface area contributed by atoms with Gasteiger partial charge < -0.3 is 10.8 Å². The second-order valence-electron chi connectivity index (χ2n) is 9.18. The highest BCUT2D eigenvalue weighted by Gasteiger charge is 2.37. The molecule has 0 aliphatic heterocycles. The second-order valence-corrected chi connectivity index (χ2v) is 9.62. The lowest BCUT2D eigenvalue weighted by Gasteiger charge is -2.42. The minimum atomic E-state index is -0.906. The van der Waals surface area contributed by atoms with Gasteiger partial charge in [-0.2, -0.15) is 0 Å². The first-order valence-electron chi connectivity index (χ1n) is 9.93. The number of hydrogen-bond acceptors (Lipinski definition) is 2. The second kappa shape index (κ2) is 8.68. The number of thiol groups is 1. The van der Waals surface area contributed by atoms with Crippen LogP contribution < -0.4 is 5.73 Å². The number of fused-ring (bicyclic) bond motifs is 1. The van der Waals surface area contributed by atoms with Crippen molar-refractivity contribution in [2.45, 2.75) is 58.3 Å². The highest BCUT2D eigenvalue weighted by Crippen LogP contribution is 2.47. The van der Waals surface area contributed by atoms with Gasteiger partial charge in [0.05, 0.1) is 5.56 Å². The van der Waals surface area contributed by atoms with Gasteiger partial charge in [0, 0.05) is 0 Å². The van der Waals surface area contributed by atoms with E-state index < -0.39 is 11.2 Å². The van der Waals surface area contributed by atoms with E-state index in [4.69, 9.17) is 9.90 Å². The number of amides is 1. The molecule has 160 valence electrons. The smallest absolute Gasteiger partial charge is 0.335 e. The molecule has 0 saturated carbocycles. The largest absolute Gasteiger partial charge is 0.478 e. The first-order chi connectivity index (χ1) is 13.8. The number of hydrogen-bond donors (Lipinski definition) is 3. The first-order valence-corrected chi connectivity index (χ1v) is 10.4. The molecule has 0 bridgehead atoms. The van der Waals surface area contributed by atoms with Crippen LogP contribution in [0.1, 0.15) is 78.7 Å². The number of benzene rings is 2. The lowest BCUT2D eigenvalue weighted by molar-refractivity contribution is 0.0697. The molecule has 0 atom stereocenters. The fourth-order valence-electron chi connectivity index (χ4n) is 4.02. The van der Waals surface area contributed by atoms with Crippen molar-refractivity contribution in [2.75, 3.05) is 0 Å². The number of carboxylic acids is 1. The number of rotatable bonds is 3. The highest BCUT2D eigenvalue weighted by atomic mass is 32.1. The molecule has 0 aromatic heterocycles. The van der Waals surface area contributed by atoms with Gasteiger partial charge in [0.15, 0.2) is 0 Å². The lowest BCUT2D eigenvalue weighted by atomic mass is 9.62. The third kappa shape index (κ3) is 5.14. The van der Waals surface area contributed by atoms with E-state index >= 15 is 0 Å². The van der Waals surface area contributed by atoms with Crippen molar-refractivity contribution >= 4 is 29.4 Å². The fourth-order valence-corrected chi connectivity index (χ4v) is 4.02. The van der Waals surface area contributed by atoms with Crippen LogP contribution >= 0.6 is 12.6 Å². The van der Waals surface area contributed by atoms with Crippen molar-refractivity contribution in [3.63, 3.8) is 0 Å². The van der Waals surface area contributed by atoms with Crippen molar-refractivity contribution in [2.24, 2.45) is 5.73 Å². The maximum absolute atomic E-state index is 11.1. The summed E-state index contributed by atoms with van der Waals surface area (Å²) in [6.07, 6.45) is 2.37.